The van der Waals surface area contributed by atoms with Crippen molar-refractivity contribution in [2.75, 3.05) is 49.3 Å². The molecule has 4 rings (SSSR count). The number of aryl methyl sites for hydroxylation is 1. The van der Waals surface area contributed by atoms with Crippen molar-refractivity contribution >= 4 is 35.6 Å². The first-order chi connectivity index (χ1) is 13.1. The van der Waals surface area contributed by atoms with Gasteiger partial charge in [0, 0.05) is 18.8 Å². The van der Waals surface area contributed by atoms with Gasteiger partial charge >= 0.3 is 0 Å². The summed E-state index contributed by atoms with van der Waals surface area (Å²) in [7, 11) is 0. The molecule has 2 amide bonds. The van der Waals surface area contributed by atoms with Crippen LogP contribution >= 0.6 is 12.4 Å². The first kappa shape index (κ1) is 20.3. The molecule has 148 valence electrons. The van der Waals surface area contributed by atoms with Crippen LogP contribution in [-0.4, -0.2) is 56.2 Å². The van der Waals surface area contributed by atoms with E-state index >= 15 is 0 Å². The van der Waals surface area contributed by atoms with Crippen LogP contribution in [0, 0.1) is 6.92 Å². The molecule has 0 N–H and O–H groups in total. The molecule has 2 aromatic rings. The molecule has 0 bridgehead atoms. The topological polar surface area (TPSA) is 53.1 Å². The van der Waals surface area contributed by atoms with Crippen molar-refractivity contribution in [1.29, 1.82) is 0 Å². The molecule has 2 aliphatic rings. The van der Waals surface area contributed by atoms with Gasteiger partial charge < -0.3 is 4.74 Å². The van der Waals surface area contributed by atoms with Crippen LogP contribution in [-0.2, 0) is 9.53 Å². The van der Waals surface area contributed by atoms with E-state index in [-0.39, 0.29) is 30.9 Å². The highest BCUT2D eigenvalue weighted by atomic mass is 35.5. The summed E-state index contributed by atoms with van der Waals surface area (Å²) < 4.78 is 5.37. The molecule has 1 saturated heterocycles. The molecule has 0 saturated carbocycles. The van der Waals surface area contributed by atoms with Gasteiger partial charge in [-0.25, -0.2) is 0 Å². The summed E-state index contributed by atoms with van der Waals surface area (Å²) in [6.45, 7) is 5.33. The molecule has 2 aliphatic heterocycles. The SMILES string of the molecule is Cc1ccccc1N1CN(C(=O)CN2CCOCC2)c2ccccc2C1=O.Cl. The lowest BCUT2D eigenvalue weighted by atomic mass is 10.1. The fraction of sp³-hybridized carbons (Fsp3) is 0.333. The average Bonchev–Trinajstić information content (AvgIpc) is 2.70. The monoisotopic (exact) mass is 401 g/mol. The Labute approximate surface area is 171 Å². The first-order valence-electron chi connectivity index (χ1n) is 9.22. The molecule has 0 radical (unpaired) electrons. The number of ether oxygens (including phenoxy) is 1. The van der Waals surface area contributed by atoms with Crippen molar-refractivity contribution in [2.45, 2.75) is 6.92 Å². The number of carbonyl (C=O) groups excluding carboxylic acids is 2. The Morgan fingerprint density at radius 3 is 2.36 bits per heavy atom. The summed E-state index contributed by atoms with van der Waals surface area (Å²) in [5.41, 5.74) is 3.08. The number of hydrogen-bond donors (Lipinski definition) is 0. The van der Waals surface area contributed by atoms with Crippen LogP contribution in [0.15, 0.2) is 48.5 Å². The van der Waals surface area contributed by atoms with E-state index in [1.54, 1.807) is 15.9 Å². The number of nitrogens with zero attached hydrogens (tertiary/aromatic N) is 3. The molecule has 0 aliphatic carbocycles. The van der Waals surface area contributed by atoms with Crippen LogP contribution in [0.4, 0.5) is 11.4 Å². The Morgan fingerprint density at radius 2 is 1.64 bits per heavy atom. The van der Waals surface area contributed by atoms with Gasteiger partial charge in [0.2, 0.25) is 5.91 Å². The molecule has 0 spiro atoms. The quantitative estimate of drug-likeness (QED) is 0.793. The largest absolute Gasteiger partial charge is 0.379 e. The lowest BCUT2D eigenvalue weighted by Crippen LogP contribution is -2.53. The number of rotatable bonds is 3. The maximum atomic E-state index is 13.1. The van der Waals surface area contributed by atoms with E-state index in [1.807, 2.05) is 49.4 Å². The number of amides is 2. The number of anilines is 2. The Hall–Kier alpha value is -2.41. The number of para-hydroxylation sites is 2. The maximum Gasteiger partial charge on any atom is 0.261 e. The van der Waals surface area contributed by atoms with Gasteiger partial charge in [0.1, 0.15) is 6.67 Å². The average molecular weight is 402 g/mol. The summed E-state index contributed by atoms with van der Waals surface area (Å²) in [4.78, 5) is 31.7. The maximum absolute atomic E-state index is 13.1. The number of benzene rings is 2. The summed E-state index contributed by atoms with van der Waals surface area (Å²) >= 11 is 0. The van der Waals surface area contributed by atoms with Crippen molar-refractivity contribution in [3.8, 4) is 0 Å². The fourth-order valence-electron chi connectivity index (χ4n) is 3.62. The molecule has 2 heterocycles. The normalized spacial score (nSPS) is 17.1. The Balaban J connectivity index is 0.00000225. The molecule has 1 fully saturated rings. The second-order valence-corrected chi connectivity index (χ2v) is 6.89. The minimum Gasteiger partial charge on any atom is -0.379 e. The Morgan fingerprint density at radius 1 is 1.00 bits per heavy atom. The lowest BCUT2D eigenvalue weighted by molar-refractivity contribution is -0.120. The van der Waals surface area contributed by atoms with Crippen molar-refractivity contribution in [1.82, 2.24) is 4.90 Å². The van der Waals surface area contributed by atoms with Gasteiger partial charge in [-0.2, -0.15) is 0 Å². The van der Waals surface area contributed by atoms with Gasteiger partial charge in [0.15, 0.2) is 0 Å². The summed E-state index contributed by atoms with van der Waals surface area (Å²) in [6.07, 6.45) is 0. The number of fused-ring (bicyclic) bond motifs is 1. The van der Waals surface area contributed by atoms with Crippen LogP contribution in [0.2, 0.25) is 0 Å². The molecular formula is C21H24ClN3O3. The number of halogens is 1. The second-order valence-electron chi connectivity index (χ2n) is 6.89. The number of morpholine rings is 1. The molecule has 0 atom stereocenters. The number of hydrogen-bond acceptors (Lipinski definition) is 4. The van der Waals surface area contributed by atoms with Gasteiger partial charge in [-0.1, -0.05) is 30.3 Å². The third-order valence-electron chi connectivity index (χ3n) is 5.12. The van der Waals surface area contributed by atoms with E-state index < -0.39 is 0 Å². The molecule has 0 aromatic heterocycles. The third-order valence-corrected chi connectivity index (χ3v) is 5.12. The van der Waals surface area contributed by atoms with E-state index in [0.717, 1.165) is 24.3 Å². The fourth-order valence-corrected chi connectivity index (χ4v) is 3.62. The Kier molecular flexibility index (Phi) is 6.34. The van der Waals surface area contributed by atoms with Crippen molar-refractivity contribution in [3.05, 3.63) is 59.7 Å². The molecular weight excluding hydrogens is 378 g/mol. The molecule has 0 unspecified atom stereocenters. The van der Waals surface area contributed by atoms with Crippen LogP contribution < -0.4 is 9.80 Å². The predicted molar refractivity (Wildman–Crippen MR) is 111 cm³/mol. The molecule has 6 nitrogen and oxygen atoms in total. The zero-order chi connectivity index (χ0) is 18.8. The van der Waals surface area contributed by atoms with Crippen LogP contribution in [0.1, 0.15) is 15.9 Å². The van der Waals surface area contributed by atoms with Gasteiger partial charge in [-0.3, -0.25) is 24.3 Å². The van der Waals surface area contributed by atoms with Crippen LogP contribution in [0.3, 0.4) is 0 Å². The smallest absolute Gasteiger partial charge is 0.261 e. The summed E-state index contributed by atoms with van der Waals surface area (Å²) in [6, 6.07) is 15.1. The Bertz CT molecular complexity index is 867. The van der Waals surface area contributed by atoms with Gasteiger partial charge in [-0.05, 0) is 30.7 Å². The number of carbonyl (C=O) groups is 2. The van der Waals surface area contributed by atoms with Crippen molar-refractivity contribution in [2.24, 2.45) is 0 Å². The predicted octanol–water partition coefficient (Wildman–Crippen LogP) is 2.70. The van der Waals surface area contributed by atoms with E-state index in [4.69, 9.17) is 4.74 Å². The lowest BCUT2D eigenvalue weighted by Gasteiger charge is -2.38. The van der Waals surface area contributed by atoms with E-state index in [1.165, 1.54) is 0 Å². The molecule has 2 aromatic carbocycles. The van der Waals surface area contributed by atoms with E-state index in [9.17, 15) is 9.59 Å². The standard InChI is InChI=1S/C21H23N3O3.ClH/c1-16-6-2-4-8-18(16)24-15-23(19-9-5-3-7-17(19)21(24)26)20(25)14-22-10-12-27-13-11-22;/h2-9H,10-15H2,1H3;1H. The van der Waals surface area contributed by atoms with Crippen LogP contribution in [0.25, 0.3) is 0 Å². The second kappa shape index (κ2) is 8.73. The van der Waals surface area contributed by atoms with E-state index in [0.29, 0.717) is 31.0 Å². The first-order valence-corrected chi connectivity index (χ1v) is 9.22. The molecule has 28 heavy (non-hydrogen) atoms. The molecule has 7 heteroatoms. The third kappa shape index (κ3) is 3.90. The van der Waals surface area contributed by atoms with Gasteiger partial charge in [-0.15, -0.1) is 12.4 Å². The zero-order valence-electron chi connectivity index (χ0n) is 15.8. The van der Waals surface area contributed by atoms with Gasteiger partial charge in [0.05, 0.1) is 31.0 Å². The highest BCUT2D eigenvalue weighted by molar-refractivity contribution is 6.15. The van der Waals surface area contributed by atoms with E-state index in [2.05, 4.69) is 4.90 Å². The van der Waals surface area contributed by atoms with Crippen molar-refractivity contribution < 1.29 is 14.3 Å². The highest BCUT2D eigenvalue weighted by Gasteiger charge is 2.34. The van der Waals surface area contributed by atoms with Gasteiger partial charge in [0.25, 0.3) is 5.91 Å². The minimum atomic E-state index is -0.0738. The van der Waals surface area contributed by atoms with Crippen molar-refractivity contribution in [3.63, 3.8) is 0 Å². The highest BCUT2D eigenvalue weighted by Crippen LogP contribution is 2.31. The van der Waals surface area contributed by atoms with Crippen LogP contribution in [0.5, 0.6) is 0 Å². The minimum absolute atomic E-state index is 0. The zero-order valence-corrected chi connectivity index (χ0v) is 16.7. The summed E-state index contributed by atoms with van der Waals surface area (Å²) in [5, 5.41) is 0. The summed E-state index contributed by atoms with van der Waals surface area (Å²) in [5.74, 6) is -0.0780.